The summed E-state index contributed by atoms with van der Waals surface area (Å²) in [5.41, 5.74) is 11.7. The molecule has 0 fully saturated rings. The summed E-state index contributed by atoms with van der Waals surface area (Å²) >= 11 is 0. The van der Waals surface area contributed by atoms with Crippen molar-refractivity contribution in [2.75, 3.05) is 11.5 Å². The predicted molar refractivity (Wildman–Crippen MR) is 176 cm³/mol. The van der Waals surface area contributed by atoms with Crippen LogP contribution in [0.5, 0.6) is 0 Å². The number of nitrogens with two attached hydrogens (primary N) is 2. The zero-order valence-corrected chi connectivity index (χ0v) is 25.9. The van der Waals surface area contributed by atoms with E-state index in [1.54, 1.807) is 48.5 Å². The zero-order valence-electron chi connectivity index (χ0n) is 24.3. The summed E-state index contributed by atoms with van der Waals surface area (Å²) in [5.74, 6) is -1.64. The van der Waals surface area contributed by atoms with Crippen LogP contribution < -0.4 is 11.5 Å². The Morgan fingerprint density at radius 3 is 1.15 bits per heavy atom. The van der Waals surface area contributed by atoms with Gasteiger partial charge in [0, 0.05) is 21.5 Å². The van der Waals surface area contributed by atoms with Crippen LogP contribution in [0.2, 0.25) is 0 Å². The fraction of sp³-hybridized carbons (Fsp3) is 0. The Balaban J connectivity index is 1.29. The van der Waals surface area contributed by atoms with Gasteiger partial charge in [-0.2, -0.15) is 16.8 Å². The minimum atomic E-state index is -4.70. The van der Waals surface area contributed by atoms with E-state index in [-0.39, 0.29) is 45.3 Å². The van der Waals surface area contributed by atoms with Crippen molar-refractivity contribution in [1.82, 2.24) is 0 Å². The first-order chi connectivity index (χ1) is 22.7. The SMILES string of the molecule is Nc1c(S(=O)(=O)O)cc(/N=N/c2ccc(-c3ccc(/N=N/c4cc(S(=O)(=O)O)c(N)c5ccccc45)c(F)c3)cc2F)c2ccccc12. The highest BCUT2D eigenvalue weighted by Crippen LogP contribution is 2.39. The molecule has 0 spiro atoms. The van der Waals surface area contributed by atoms with E-state index >= 15 is 8.78 Å². The Morgan fingerprint density at radius 1 is 0.479 bits per heavy atom. The molecule has 0 bridgehead atoms. The molecule has 0 unspecified atom stereocenters. The van der Waals surface area contributed by atoms with Crippen LogP contribution in [0.3, 0.4) is 0 Å². The van der Waals surface area contributed by atoms with E-state index in [1.807, 2.05) is 0 Å². The van der Waals surface area contributed by atoms with E-state index in [2.05, 4.69) is 20.5 Å². The summed E-state index contributed by atoms with van der Waals surface area (Å²) in [6, 6.07) is 22.7. The minimum absolute atomic E-state index is 0.0175. The molecule has 0 amide bonds. The molecule has 12 nitrogen and oxygen atoms in total. The van der Waals surface area contributed by atoms with E-state index in [1.165, 1.54) is 24.3 Å². The van der Waals surface area contributed by atoms with Gasteiger partial charge < -0.3 is 11.5 Å². The van der Waals surface area contributed by atoms with Crippen molar-refractivity contribution in [3.8, 4) is 11.1 Å². The average molecular weight is 689 g/mol. The maximum absolute atomic E-state index is 15.1. The second-order valence-corrected chi connectivity index (χ2v) is 13.2. The molecule has 6 N–H and O–H groups in total. The monoisotopic (exact) mass is 688 g/mol. The number of nitrogen functional groups attached to an aromatic ring is 2. The van der Waals surface area contributed by atoms with Gasteiger partial charge in [0.1, 0.15) is 21.2 Å². The molecule has 0 aliphatic carbocycles. The highest BCUT2D eigenvalue weighted by molar-refractivity contribution is 7.86. The fourth-order valence-corrected chi connectivity index (χ4v) is 6.35. The molecule has 6 rings (SSSR count). The summed E-state index contributed by atoms with van der Waals surface area (Å²) in [4.78, 5) is -1.14. The summed E-state index contributed by atoms with van der Waals surface area (Å²) in [5, 5.41) is 17.3. The summed E-state index contributed by atoms with van der Waals surface area (Å²) in [6.07, 6.45) is 0. The number of nitrogens with zero attached hydrogens (tertiary/aromatic N) is 4. The molecular formula is C32H22F2N6O6S2. The van der Waals surface area contributed by atoms with Crippen molar-refractivity contribution in [2.24, 2.45) is 20.5 Å². The lowest BCUT2D eigenvalue weighted by molar-refractivity contribution is 0.481. The molecule has 48 heavy (non-hydrogen) atoms. The maximum Gasteiger partial charge on any atom is 0.296 e. The zero-order chi connectivity index (χ0) is 34.4. The third-order valence-corrected chi connectivity index (χ3v) is 9.16. The lowest BCUT2D eigenvalue weighted by atomic mass is 10.0. The molecule has 0 atom stereocenters. The largest absolute Gasteiger partial charge is 0.397 e. The topological polar surface area (TPSA) is 210 Å². The van der Waals surface area contributed by atoms with Crippen LogP contribution in [0.1, 0.15) is 0 Å². The van der Waals surface area contributed by atoms with Gasteiger partial charge in [0.2, 0.25) is 0 Å². The van der Waals surface area contributed by atoms with E-state index in [4.69, 9.17) is 11.5 Å². The number of hydrogen-bond donors (Lipinski definition) is 4. The lowest BCUT2D eigenvalue weighted by Crippen LogP contribution is -2.03. The maximum atomic E-state index is 15.1. The van der Waals surface area contributed by atoms with Gasteiger partial charge in [-0.1, -0.05) is 60.7 Å². The van der Waals surface area contributed by atoms with Crippen LogP contribution in [-0.2, 0) is 20.2 Å². The van der Waals surface area contributed by atoms with E-state index in [9.17, 15) is 25.9 Å². The van der Waals surface area contributed by atoms with Gasteiger partial charge in [0.05, 0.1) is 22.7 Å². The molecule has 0 aliphatic rings. The number of benzene rings is 6. The summed E-state index contributed by atoms with van der Waals surface area (Å²) in [7, 11) is -9.39. The number of hydrogen-bond acceptors (Lipinski definition) is 10. The van der Waals surface area contributed by atoms with E-state index in [0.29, 0.717) is 21.5 Å². The molecule has 0 radical (unpaired) electrons. The molecule has 16 heteroatoms. The third kappa shape index (κ3) is 6.19. The normalized spacial score (nSPS) is 12.5. The molecule has 0 saturated heterocycles. The Kier molecular flexibility index (Phi) is 8.18. The molecule has 0 aromatic heterocycles. The number of fused-ring (bicyclic) bond motifs is 2. The minimum Gasteiger partial charge on any atom is -0.397 e. The summed E-state index contributed by atoms with van der Waals surface area (Å²) < 4.78 is 97.0. The number of rotatable bonds is 7. The van der Waals surface area contributed by atoms with Gasteiger partial charge >= 0.3 is 0 Å². The third-order valence-electron chi connectivity index (χ3n) is 7.37. The average Bonchev–Trinajstić information content (AvgIpc) is 3.04. The Hall–Kier alpha value is -5.68. The molecule has 6 aromatic rings. The van der Waals surface area contributed by atoms with Crippen LogP contribution in [0.4, 0.5) is 42.9 Å². The molecule has 0 aliphatic heterocycles. The molecule has 6 aromatic carbocycles. The van der Waals surface area contributed by atoms with Crippen molar-refractivity contribution in [3.63, 3.8) is 0 Å². The van der Waals surface area contributed by atoms with Crippen molar-refractivity contribution < 1.29 is 34.7 Å². The number of azo groups is 2. The molecular weight excluding hydrogens is 667 g/mol. The van der Waals surface area contributed by atoms with Gasteiger partial charge in [-0.3, -0.25) is 9.11 Å². The number of anilines is 2. The van der Waals surface area contributed by atoms with Crippen LogP contribution in [0, 0.1) is 11.6 Å². The first-order valence-corrected chi connectivity index (χ1v) is 16.6. The first-order valence-electron chi connectivity index (χ1n) is 13.7. The van der Waals surface area contributed by atoms with Gasteiger partial charge in [-0.15, -0.1) is 20.5 Å². The Morgan fingerprint density at radius 2 is 0.812 bits per heavy atom. The van der Waals surface area contributed by atoms with Gasteiger partial charge in [0.25, 0.3) is 20.2 Å². The lowest BCUT2D eigenvalue weighted by Gasteiger charge is -2.09. The van der Waals surface area contributed by atoms with Crippen LogP contribution in [0.25, 0.3) is 32.7 Å². The van der Waals surface area contributed by atoms with Crippen LogP contribution >= 0.6 is 0 Å². The van der Waals surface area contributed by atoms with Gasteiger partial charge in [-0.25, -0.2) is 8.78 Å². The summed E-state index contributed by atoms with van der Waals surface area (Å²) in [6.45, 7) is 0. The van der Waals surface area contributed by atoms with E-state index in [0.717, 1.165) is 24.3 Å². The highest BCUT2D eigenvalue weighted by Gasteiger charge is 2.20. The second-order valence-electron chi connectivity index (χ2n) is 10.4. The van der Waals surface area contributed by atoms with Crippen molar-refractivity contribution in [1.29, 1.82) is 0 Å². The van der Waals surface area contributed by atoms with Crippen LogP contribution in [0.15, 0.2) is 127 Å². The Bertz CT molecular complexity index is 2400. The smallest absolute Gasteiger partial charge is 0.296 e. The fourth-order valence-electron chi connectivity index (χ4n) is 5.05. The molecule has 242 valence electrons. The van der Waals surface area contributed by atoms with Gasteiger partial charge in [-0.05, 0) is 47.5 Å². The van der Waals surface area contributed by atoms with Crippen molar-refractivity contribution in [3.05, 3.63) is 109 Å². The van der Waals surface area contributed by atoms with Crippen LogP contribution in [-0.4, -0.2) is 25.9 Å². The van der Waals surface area contributed by atoms with Crippen molar-refractivity contribution in [2.45, 2.75) is 9.79 Å². The molecule has 0 heterocycles. The first kappa shape index (κ1) is 32.3. The standard InChI is InChI=1S/C32H22F2N6O6S2/c33-23-13-17(9-11-25(23)37-39-27-15-29(47(41,42)43)31(35)21-7-3-1-5-19(21)27)18-10-12-26(24(34)14-18)38-40-28-16-30(48(44,45)46)32(36)22-8-4-2-6-20(22)28/h1-16H,35-36H2,(H,41,42,43)(H,44,45,46)/b39-37+,40-38+. The molecule has 0 saturated carbocycles. The van der Waals surface area contributed by atoms with Crippen molar-refractivity contribution >= 4 is 75.9 Å². The van der Waals surface area contributed by atoms with E-state index < -0.39 is 41.7 Å². The number of halogens is 2. The quantitative estimate of drug-likeness (QED) is 0.0724. The van der Waals surface area contributed by atoms with Gasteiger partial charge in [0.15, 0.2) is 11.6 Å². The predicted octanol–water partition coefficient (Wildman–Crippen LogP) is 8.43. The highest BCUT2D eigenvalue weighted by atomic mass is 32.2. The second kappa shape index (κ2) is 12.2. The Labute approximate surface area is 271 Å².